The van der Waals surface area contributed by atoms with Crippen LogP contribution in [-0.4, -0.2) is 12.1 Å². The van der Waals surface area contributed by atoms with Crippen LogP contribution in [-0.2, 0) is 14.9 Å². The maximum Gasteiger partial charge on any atom is 0.317 e. The molecule has 0 amide bonds. The summed E-state index contributed by atoms with van der Waals surface area (Å²) in [5, 5.41) is 0. The molecule has 3 atom stereocenters. The van der Waals surface area contributed by atoms with Gasteiger partial charge in [0.05, 0.1) is 5.41 Å². The van der Waals surface area contributed by atoms with Crippen LogP contribution in [0.25, 0.3) is 0 Å². The molecule has 0 unspecified atom stereocenters. The minimum absolute atomic E-state index is 0.00125. The molecule has 1 saturated heterocycles. The molecule has 1 aromatic rings. The first kappa shape index (κ1) is 9.88. The molecule has 0 aromatic heterocycles. The van der Waals surface area contributed by atoms with Gasteiger partial charge < -0.3 is 4.74 Å². The fourth-order valence-electron chi connectivity index (χ4n) is 3.16. The lowest BCUT2D eigenvalue weighted by Gasteiger charge is -2.12. The van der Waals surface area contributed by atoms with Crippen LogP contribution in [0.2, 0.25) is 0 Å². The van der Waals surface area contributed by atoms with E-state index in [1.807, 2.05) is 12.1 Å². The molecule has 0 N–H and O–H groups in total. The molecule has 2 fully saturated rings. The van der Waals surface area contributed by atoms with Gasteiger partial charge in [0.1, 0.15) is 6.10 Å². The van der Waals surface area contributed by atoms with E-state index < -0.39 is 0 Å². The Morgan fingerprint density at radius 1 is 1.44 bits per heavy atom. The Kier molecular flexibility index (Phi) is 1.91. The van der Waals surface area contributed by atoms with Crippen molar-refractivity contribution < 1.29 is 9.53 Å². The van der Waals surface area contributed by atoms with Gasteiger partial charge in [-0.05, 0) is 30.9 Å². The molecule has 3 rings (SSSR count). The van der Waals surface area contributed by atoms with Crippen molar-refractivity contribution >= 4 is 5.97 Å². The maximum atomic E-state index is 12.0. The Hall–Kier alpha value is -1.31. The van der Waals surface area contributed by atoms with Gasteiger partial charge >= 0.3 is 5.97 Å². The van der Waals surface area contributed by atoms with Gasteiger partial charge in [0.2, 0.25) is 0 Å². The third kappa shape index (κ3) is 1.05. The number of cyclic esters (lactones) is 1. The average molecular weight is 216 g/mol. The maximum absolute atomic E-state index is 12.0. The van der Waals surface area contributed by atoms with Gasteiger partial charge in [0, 0.05) is 5.92 Å². The molecule has 2 heteroatoms. The lowest BCUT2D eigenvalue weighted by Crippen LogP contribution is -2.20. The number of benzene rings is 1. The van der Waals surface area contributed by atoms with Gasteiger partial charge in [-0.3, -0.25) is 4.79 Å². The third-order valence-electron chi connectivity index (χ3n) is 4.11. The number of fused-ring (bicyclic) bond motifs is 1. The number of rotatable bonds is 2. The van der Waals surface area contributed by atoms with Crippen LogP contribution in [0.15, 0.2) is 24.3 Å². The Morgan fingerprint density at radius 2 is 2.19 bits per heavy atom. The highest BCUT2D eigenvalue weighted by molar-refractivity contribution is 5.90. The first-order valence-electron chi connectivity index (χ1n) is 5.97. The highest BCUT2D eigenvalue weighted by Crippen LogP contribution is 2.62. The van der Waals surface area contributed by atoms with Crippen molar-refractivity contribution in [1.29, 1.82) is 0 Å². The first-order chi connectivity index (χ1) is 7.70. The van der Waals surface area contributed by atoms with E-state index in [1.165, 1.54) is 11.1 Å². The van der Waals surface area contributed by atoms with E-state index in [-0.39, 0.29) is 17.5 Å². The molecule has 0 spiro atoms. The topological polar surface area (TPSA) is 26.3 Å². The number of esters is 1. The predicted molar refractivity (Wildman–Crippen MR) is 61.1 cm³/mol. The Labute approximate surface area is 95.6 Å². The third-order valence-corrected chi connectivity index (χ3v) is 4.11. The van der Waals surface area contributed by atoms with E-state index in [4.69, 9.17) is 4.74 Å². The molecular formula is C14H16O2. The number of carbonyl (C=O) groups is 1. The van der Waals surface area contributed by atoms with Crippen LogP contribution in [0.4, 0.5) is 0 Å². The van der Waals surface area contributed by atoms with Crippen molar-refractivity contribution in [2.75, 3.05) is 0 Å². The minimum Gasteiger partial charge on any atom is -0.461 e. The zero-order chi connectivity index (χ0) is 11.3. The van der Waals surface area contributed by atoms with Gasteiger partial charge in [-0.1, -0.05) is 31.2 Å². The Balaban J connectivity index is 2.04. The number of aryl methyl sites for hydroxylation is 1. The van der Waals surface area contributed by atoms with Crippen molar-refractivity contribution in [2.24, 2.45) is 5.92 Å². The summed E-state index contributed by atoms with van der Waals surface area (Å²) in [5.41, 5.74) is 2.10. The molecule has 16 heavy (non-hydrogen) atoms. The van der Waals surface area contributed by atoms with E-state index >= 15 is 0 Å². The molecule has 1 aliphatic carbocycles. The van der Waals surface area contributed by atoms with Crippen LogP contribution >= 0.6 is 0 Å². The van der Waals surface area contributed by atoms with E-state index in [2.05, 4.69) is 26.0 Å². The molecule has 1 saturated carbocycles. The molecule has 1 aromatic carbocycles. The molecule has 84 valence electrons. The summed E-state index contributed by atoms with van der Waals surface area (Å²) in [7, 11) is 0. The fourth-order valence-corrected chi connectivity index (χ4v) is 3.16. The summed E-state index contributed by atoms with van der Waals surface area (Å²) in [6.07, 6.45) is 2.06. The highest BCUT2D eigenvalue weighted by Gasteiger charge is 2.70. The fraction of sp³-hybridized carbons (Fsp3) is 0.500. The molecular weight excluding hydrogens is 200 g/mol. The zero-order valence-electron chi connectivity index (χ0n) is 9.69. The average Bonchev–Trinajstić information content (AvgIpc) is 2.97. The summed E-state index contributed by atoms with van der Waals surface area (Å²) in [6.45, 7) is 4.16. The van der Waals surface area contributed by atoms with Gasteiger partial charge in [0.25, 0.3) is 0 Å². The van der Waals surface area contributed by atoms with Crippen molar-refractivity contribution in [2.45, 2.75) is 38.2 Å². The standard InChI is InChI=1S/C14H16O2/c1-3-12-11-8-14(11,13(15)16-12)10-7-5-4-6-9(10)2/h4-7,11-12H,3,8H2,1-2H3/t11-,12-,14+/m0/s1. The quantitative estimate of drug-likeness (QED) is 0.710. The SMILES string of the molecule is CC[C@@H]1OC(=O)[C@@]2(c3ccccc3C)C[C@@H]12. The summed E-state index contributed by atoms with van der Waals surface area (Å²) in [5.74, 6) is 0.421. The Bertz CT molecular complexity index is 452. The second kappa shape index (κ2) is 3.09. The van der Waals surface area contributed by atoms with Gasteiger partial charge in [-0.25, -0.2) is 0 Å². The largest absolute Gasteiger partial charge is 0.461 e. The second-order valence-electron chi connectivity index (χ2n) is 4.95. The second-order valence-corrected chi connectivity index (χ2v) is 4.95. The summed E-state index contributed by atoms with van der Waals surface area (Å²) in [6, 6.07) is 8.18. The molecule has 0 radical (unpaired) electrons. The summed E-state index contributed by atoms with van der Waals surface area (Å²) >= 11 is 0. The van der Waals surface area contributed by atoms with Crippen molar-refractivity contribution in [3.63, 3.8) is 0 Å². The van der Waals surface area contributed by atoms with Crippen LogP contribution < -0.4 is 0 Å². The van der Waals surface area contributed by atoms with Crippen molar-refractivity contribution in [1.82, 2.24) is 0 Å². The van der Waals surface area contributed by atoms with Crippen LogP contribution in [0.1, 0.15) is 30.9 Å². The van der Waals surface area contributed by atoms with Crippen LogP contribution in [0, 0.1) is 12.8 Å². The lowest BCUT2D eigenvalue weighted by molar-refractivity contribution is -0.146. The van der Waals surface area contributed by atoms with Crippen LogP contribution in [0.5, 0.6) is 0 Å². The van der Waals surface area contributed by atoms with Gasteiger partial charge in [0.15, 0.2) is 0 Å². The summed E-state index contributed by atoms with van der Waals surface area (Å²) in [4.78, 5) is 12.0. The summed E-state index contributed by atoms with van der Waals surface area (Å²) < 4.78 is 5.45. The number of hydrogen-bond donors (Lipinski definition) is 0. The normalized spacial score (nSPS) is 35.8. The smallest absolute Gasteiger partial charge is 0.317 e. The predicted octanol–water partition coefficient (Wildman–Crippen LogP) is 2.59. The van der Waals surface area contributed by atoms with Crippen molar-refractivity contribution in [3.8, 4) is 0 Å². The molecule has 1 heterocycles. The first-order valence-corrected chi connectivity index (χ1v) is 5.97. The monoisotopic (exact) mass is 216 g/mol. The van der Waals surface area contributed by atoms with E-state index in [1.54, 1.807) is 0 Å². The molecule has 1 aliphatic heterocycles. The number of ether oxygens (including phenoxy) is 1. The van der Waals surface area contributed by atoms with E-state index in [9.17, 15) is 4.79 Å². The van der Waals surface area contributed by atoms with Crippen LogP contribution in [0.3, 0.4) is 0 Å². The van der Waals surface area contributed by atoms with E-state index in [0.29, 0.717) is 5.92 Å². The Morgan fingerprint density at radius 3 is 2.75 bits per heavy atom. The highest BCUT2D eigenvalue weighted by atomic mass is 16.6. The van der Waals surface area contributed by atoms with Gasteiger partial charge in [-0.2, -0.15) is 0 Å². The molecule has 2 nitrogen and oxygen atoms in total. The number of carbonyl (C=O) groups excluding carboxylic acids is 1. The lowest BCUT2D eigenvalue weighted by atomic mass is 9.90. The minimum atomic E-state index is -0.286. The van der Waals surface area contributed by atoms with E-state index in [0.717, 1.165) is 12.8 Å². The molecule has 0 bridgehead atoms. The van der Waals surface area contributed by atoms with Gasteiger partial charge in [-0.15, -0.1) is 0 Å². The molecule has 2 aliphatic rings. The zero-order valence-corrected chi connectivity index (χ0v) is 9.69. The number of hydrogen-bond acceptors (Lipinski definition) is 2. The van der Waals surface area contributed by atoms with Crippen molar-refractivity contribution in [3.05, 3.63) is 35.4 Å².